The molecule has 0 aliphatic carbocycles. The van der Waals surface area contributed by atoms with Gasteiger partial charge in [-0.2, -0.15) is 0 Å². The van der Waals surface area contributed by atoms with Gasteiger partial charge in [-0.15, -0.1) is 0 Å². The minimum absolute atomic E-state index is 0.235. The summed E-state index contributed by atoms with van der Waals surface area (Å²) in [6.45, 7) is 1.31. The summed E-state index contributed by atoms with van der Waals surface area (Å²) in [7, 11) is 0. The number of aryl methyl sites for hydroxylation is 1. The number of fused-ring (bicyclic) bond motifs is 1. The molecule has 4 rings (SSSR count). The fourth-order valence-corrected chi connectivity index (χ4v) is 2.81. The van der Waals surface area contributed by atoms with Crippen LogP contribution in [0.25, 0.3) is 11.3 Å². The summed E-state index contributed by atoms with van der Waals surface area (Å²) in [5.41, 5.74) is 0.956. The Morgan fingerprint density at radius 3 is 2.83 bits per heavy atom. The van der Waals surface area contributed by atoms with Gasteiger partial charge >= 0.3 is 0 Å². The Kier molecular flexibility index (Phi) is 3.22. The van der Waals surface area contributed by atoms with Crippen molar-refractivity contribution in [2.45, 2.75) is 13.0 Å². The molecule has 0 unspecified atom stereocenters. The van der Waals surface area contributed by atoms with Crippen molar-refractivity contribution in [3.8, 4) is 11.3 Å². The highest BCUT2D eigenvalue weighted by Gasteiger charge is 2.28. The Hall–Kier alpha value is -2.89. The molecule has 1 aliphatic rings. The molecule has 0 fully saturated rings. The first-order valence-electron chi connectivity index (χ1n) is 7.41. The van der Waals surface area contributed by atoms with Gasteiger partial charge in [0, 0.05) is 24.8 Å². The second-order valence-corrected chi connectivity index (χ2v) is 5.39. The Morgan fingerprint density at radius 2 is 2.04 bits per heavy atom. The van der Waals surface area contributed by atoms with Crippen molar-refractivity contribution in [3.63, 3.8) is 0 Å². The summed E-state index contributed by atoms with van der Waals surface area (Å²) in [5.74, 6) is 0.235. The number of aromatic nitrogens is 2. The molecule has 116 valence electrons. The van der Waals surface area contributed by atoms with Gasteiger partial charge in [0.1, 0.15) is 5.82 Å². The van der Waals surface area contributed by atoms with E-state index in [0.717, 1.165) is 13.0 Å². The van der Waals surface area contributed by atoms with E-state index in [1.54, 1.807) is 41.4 Å². The number of rotatable bonds is 2. The van der Waals surface area contributed by atoms with Crippen LogP contribution in [0, 0.1) is 5.82 Å². The van der Waals surface area contributed by atoms with Crippen molar-refractivity contribution in [1.82, 2.24) is 9.55 Å². The lowest BCUT2D eigenvalue weighted by molar-refractivity contribution is 0.0954. The number of hydrogen-bond acceptors (Lipinski definition) is 3. The number of halogens is 1. The molecule has 0 N–H and O–H groups in total. The molecule has 3 heterocycles. The lowest BCUT2D eigenvalue weighted by Gasteiger charge is -2.26. The molecule has 23 heavy (non-hydrogen) atoms. The van der Waals surface area contributed by atoms with Gasteiger partial charge < -0.3 is 8.98 Å². The van der Waals surface area contributed by atoms with Crippen LogP contribution in [0.4, 0.5) is 10.3 Å². The summed E-state index contributed by atoms with van der Waals surface area (Å²) in [4.78, 5) is 18.6. The number of furan rings is 1. The SMILES string of the molecule is O=C(c1ccco1)N1CCCn2cc(-c3ccccc3F)nc21. The molecule has 5 nitrogen and oxygen atoms in total. The molecular weight excluding hydrogens is 297 g/mol. The fourth-order valence-electron chi connectivity index (χ4n) is 2.81. The predicted octanol–water partition coefficient (Wildman–Crippen LogP) is 3.33. The number of imidazole rings is 1. The molecule has 0 saturated carbocycles. The number of carbonyl (C=O) groups is 1. The fraction of sp³-hybridized carbons (Fsp3) is 0.176. The number of anilines is 1. The van der Waals surface area contributed by atoms with E-state index in [2.05, 4.69) is 4.98 Å². The van der Waals surface area contributed by atoms with Crippen LogP contribution < -0.4 is 4.90 Å². The normalized spacial score (nSPS) is 13.9. The van der Waals surface area contributed by atoms with Crippen molar-refractivity contribution in [3.05, 3.63) is 60.4 Å². The predicted molar refractivity (Wildman–Crippen MR) is 82.6 cm³/mol. The average Bonchev–Trinajstić information content (AvgIpc) is 3.23. The average molecular weight is 311 g/mol. The number of nitrogens with zero attached hydrogens (tertiary/aromatic N) is 3. The quantitative estimate of drug-likeness (QED) is 0.729. The van der Waals surface area contributed by atoms with Gasteiger partial charge in [0.2, 0.25) is 5.95 Å². The lowest BCUT2D eigenvalue weighted by atomic mass is 10.1. The molecular formula is C17H14FN3O2. The van der Waals surface area contributed by atoms with Gasteiger partial charge in [0.05, 0.1) is 12.0 Å². The van der Waals surface area contributed by atoms with E-state index in [0.29, 0.717) is 23.8 Å². The molecule has 0 spiro atoms. The highest BCUT2D eigenvalue weighted by atomic mass is 19.1. The Bertz CT molecular complexity index is 855. The van der Waals surface area contributed by atoms with Crippen LogP contribution in [0.1, 0.15) is 17.0 Å². The maximum atomic E-state index is 14.0. The van der Waals surface area contributed by atoms with Crippen molar-refractivity contribution in [2.24, 2.45) is 0 Å². The van der Waals surface area contributed by atoms with Crippen molar-refractivity contribution >= 4 is 11.9 Å². The maximum absolute atomic E-state index is 14.0. The van der Waals surface area contributed by atoms with Crippen LogP contribution in [0.3, 0.4) is 0 Å². The Labute approximate surface area is 132 Å². The van der Waals surface area contributed by atoms with Crippen molar-refractivity contribution in [2.75, 3.05) is 11.4 Å². The molecule has 6 heteroatoms. The van der Waals surface area contributed by atoms with Gasteiger partial charge in [-0.05, 0) is 30.7 Å². The topological polar surface area (TPSA) is 51.3 Å². The number of carbonyl (C=O) groups excluding carboxylic acids is 1. The van der Waals surface area contributed by atoms with Crippen LogP contribution in [0.5, 0.6) is 0 Å². The molecule has 1 aliphatic heterocycles. The van der Waals surface area contributed by atoms with Crippen LogP contribution in [0.15, 0.2) is 53.3 Å². The zero-order valence-corrected chi connectivity index (χ0v) is 12.3. The van der Waals surface area contributed by atoms with Crippen molar-refractivity contribution in [1.29, 1.82) is 0 Å². The molecule has 0 radical (unpaired) electrons. The zero-order chi connectivity index (χ0) is 15.8. The van der Waals surface area contributed by atoms with Crippen LogP contribution in [-0.2, 0) is 6.54 Å². The highest BCUT2D eigenvalue weighted by Crippen LogP contribution is 2.28. The lowest BCUT2D eigenvalue weighted by Crippen LogP contribution is -2.37. The molecule has 3 aromatic rings. The molecule has 2 aromatic heterocycles. The summed E-state index contributed by atoms with van der Waals surface area (Å²) in [6.07, 6.45) is 4.07. The van der Waals surface area contributed by atoms with E-state index in [9.17, 15) is 9.18 Å². The first-order chi connectivity index (χ1) is 11.2. The van der Waals surface area contributed by atoms with Gasteiger partial charge in [-0.25, -0.2) is 9.37 Å². The molecule has 0 bridgehead atoms. The van der Waals surface area contributed by atoms with E-state index in [-0.39, 0.29) is 17.5 Å². The monoisotopic (exact) mass is 311 g/mol. The number of amides is 1. The van der Waals surface area contributed by atoms with Crippen LogP contribution in [0.2, 0.25) is 0 Å². The van der Waals surface area contributed by atoms with Crippen LogP contribution in [-0.4, -0.2) is 22.0 Å². The molecule has 0 saturated heterocycles. The Morgan fingerprint density at radius 1 is 1.17 bits per heavy atom. The van der Waals surface area contributed by atoms with Crippen molar-refractivity contribution < 1.29 is 13.6 Å². The van der Waals surface area contributed by atoms with Crippen LogP contribution >= 0.6 is 0 Å². The number of benzene rings is 1. The van der Waals surface area contributed by atoms with Gasteiger partial charge in [-0.1, -0.05) is 12.1 Å². The largest absolute Gasteiger partial charge is 0.459 e. The minimum Gasteiger partial charge on any atom is -0.459 e. The van der Waals surface area contributed by atoms with E-state index >= 15 is 0 Å². The smallest absolute Gasteiger partial charge is 0.296 e. The van der Waals surface area contributed by atoms with E-state index in [1.807, 2.05) is 4.57 Å². The van der Waals surface area contributed by atoms with Gasteiger partial charge in [-0.3, -0.25) is 9.69 Å². The maximum Gasteiger partial charge on any atom is 0.296 e. The van der Waals surface area contributed by atoms with Gasteiger partial charge in [0.25, 0.3) is 5.91 Å². The summed E-state index contributed by atoms with van der Waals surface area (Å²) in [6, 6.07) is 9.79. The second kappa shape index (κ2) is 5.39. The first-order valence-corrected chi connectivity index (χ1v) is 7.41. The van der Waals surface area contributed by atoms with E-state index in [4.69, 9.17) is 4.42 Å². The highest BCUT2D eigenvalue weighted by molar-refractivity contribution is 6.03. The Balaban J connectivity index is 1.75. The van der Waals surface area contributed by atoms with E-state index in [1.165, 1.54) is 12.3 Å². The standard InChI is InChI=1S/C17H14FN3O2/c18-13-6-2-1-5-12(13)14-11-20-8-4-9-21(17(20)19-14)16(22)15-7-3-10-23-15/h1-3,5-7,10-11H,4,8-9H2. The van der Waals surface area contributed by atoms with Gasteiger partial charge in [0.15, 0.2) is 5.76 Å². The minimum atomic E-state index is -0.327. The zero-order valence-electron chi connectivity index (χ0n) is 12.3. The third-order valence-electron chi connectivity index (χ3n) is 3.90. The van der Waals surface area contributed by atoms with E-state index < -0.39 is 0 Å². The first kappa shape index (κ1) is 13.8. The molecule has 1 aromatic carbocycles. The number of hydrogen-bond donors (Lipinski definition) is 0. The summed E-state index contributed by atoms with van der Waals surface area (Å²) in [5, 5.41) is 0. The molecule has 0 atom stereocenters. The third-order valence-corrected chi connectivity index (χ3v) is 3.90. The third kappa shape index (κ3) is 2.32. The summed E-state index contributed by atoms with van der Waals surface area (Å²) < 4.78 is 21.0. The second-order valence-electron chi connectivity index (χ2n) is 5.39. The summed E-state index contributed by atoms with van der Waals surface area (Å²) >= 11 is 0. The molecule has 1 amide bonds.